The first-order valence-corrected chi connectivity index (χ1v) is 17.9. The van der Waals surface area contributed by atoms with Crippen molar-refractivity contribution in [3.05, 3.63) is 181 Å². The molecule has 5 nitrogen and oxygen atoms in total. The van der Waals surface area contributed by atoms with Crippen LogP contribution >= 0.6 is 0 Å². The monoisotopic (exact) mass is 675 g/mol. The Bertz CT molecular complexity index is 2530. The number of benzene rings is 4. The highest BCUT2D eigenvalue weighted by molar-refractivity contribution is 6.10. The number of aliphatic imine (C=N–C) groups is 1. The first-order chi connectivity index (χ1) is 25.5. The van der Waals surface area contributed by atoms with Crippen LogP contribution in [0.5, 0.6) is 0 Å². The van der Waals surface area contributed by atoms with Gasteiger partial charge in [0.05, 0.1) is 22.1 Å². The Morgan fingerprint density at radius 1 is 0.673 bits per heavy atom. The van der Waals surface area contributed by atoms with Crippen LogP contribution in [-0.2, 0) is 12.8 Å². The van der Waals surface area contributed by atoms with Gasteiger partial charge in [-0.2, -0.15) is 0 Å². The van der Waals surface area contributed by atoms with Crippen LogP contribution < -0.4 is 0 Å². The third-order valence-corrected chi connectivity index (χ3v) is 10.1. The second-order valence-electron chi connectivity index (χ2n) is 13.8. The van der Waals surface area contributed by atoms with Crippen LogP contribution in [-0.4, -0.2) is 25.8 Å². The molecule has 4 aromatic carbocycles. The number of para-hydroxylation sites is 2. The molecule has 4 heterocycles. The Morgan fingerprint density at radius 3 is 1.77 bits per heavy atom. The van der Waals surface area contributed by atoms with Gasteiger partial charge in [-0.05, 0) is 97.5 Å². The van der Waals surface area contributed by atoms with Crippen LogP contribution in [0.2, 0.25) is 0 Å². The molecule has 8 aromatic rings. The Hall–Kier alpha value is -6.33. The lowest BCUT2D eigenvalue weighted by Gasteiger charge is -2.29. The highest BCUT2D eigenvalue weighted by Crippen LogP contribution is 2.38. The second-order valence-corrected chi connectivity index (χ2v) is 13.8. The molecule has 0 fully saturated rings. The van der Waals surface area contributed by atoms with Gasteiger partial charge in [0.1, 0.15) is 0 Å². The first kappa shape index (κ1) is 32.9. The van der Waals surface area contributed by atoms with Crippen molar-refractivity contribution in [1.29, 1.82) is 0 Å². The summed E-state index contributed by atoms with van der Waals surface area (Å²) in [7, 11) is 0. The summed E-state index contributed by atoms with van der Waals surface area (Å²) in [5, 5.41) is 4.86. The van der Waals surface area contributed by atoms with E-state index in [0.29, 0.717) is 0 Å². The van der Waals surface area contributed by atoms with Gasteiger partial charge < -0.3 is 9.13 Å². The van der Waals surface area contributed by atoms with Crippen LogP contribution in [0.1, 0.15) is 37.0 Å². The third kappa shape index (κ3) is 6.26. The summed E-state index contributed by atoms with van der Waals surface area (Å²) in [6.07, 6.45) is 21.2. The second kappa shape index (κ2) is 14.1. The van der Waals surface area contributed by atoms with E-state index in [2.05, 4.69) is 165 Å². The molecule has 0 saturated carbocycles. The molecule has 1 unspecified atom stereocenters. The number of rotatable bonds is 7. The van der Waals surface area contributed by atoms with E-state index in [0.717, 1.165) is 19.3 Å². The zero-order valence-electron chi connectivity index (χ0n) is 29.7. The van der Waals surface area contributed by atoms with Crippen molar-refractivity contribution in [2.45, 2.75) is 33.1 Å². The summed E-state index contributed by atoms with van der Waals surface area (Å²) in [5.41, 5.74) is 11.3. The maximum Gasteiger partial charge on any atom is 0.0571 e. The maximum absolute atomic E-state index is 4.40. The summed E-state index contributed by atoms with van der Waals surface area (Å²) in [5.74, 6) is 0. The van der Waals surface area contributed by atoms with E-state index in [1.165, 1.54) is 71.7 Å². The smallest absolute Gasteiger partial charge is 0.0571 e. The van der Waals surface area contributed by atoms with Gasteiger partial charge >= 0.3 is 0 Å². The van der Waals surface area contributed by atoms with Crippen molar-refractivity contribution < 1.29 is 0 Å². The molecule has 4 aromatic heterocycles. The lowest BCUT2D eigenvalue weighted by molar-refractivity contribution is 0.427. The van der Waals surface area contributed by atoms with Gasteiger partial charge in [0.2, 0.25) is 0 Å². The van der Waals surface area contributed by atoms with Gasteiger partial charge in [-0.1, -0.05) is 97.9 Å². The summed E-state index contributed by atoms with van der Waals surface area (Å²) >= 11 is 0. The molecule has 0 aliphatic heterocycles. The zero-order valence-corrected chi connectivity index (χ0v) is 29.7. The fourth-order valence-electron chi connectivity index (χ4n) is 7.59. The minimum Gasteiger partial charge on any atom is -0.309 e. The largest absolute Gasteiger partial charge is 0.309 e. The molecule has 0 amide bonds. The molecule has 0 radical (unpaired) electrons. The standard InChI is InChI=1S/C43H34N4.C4H7N/c1-43(22-18-34(19-23-43)47-40-9-5-3-7-36(40)38-29-45-25-21-42(38)47)27-32-12-10-30(11-13-32)26-31-14-16-33(17-15-31)46-39-8-4-2-6-35(39)37-28-44-24-20-41(37)46;1-3-4-5-2/h2-22,24-25,28-29H,23,26-27H2,1H3;3-4H,2H2,1H3/b;4-3-. The molecular weight excluding hydrogens is 635 g/mol. The van der Waals surface area contributed by atoms with Crippen molar-refractivity contribution in [3.8, 4) is 5.69 Å². The van der Waals surface area contributed by atoms with Crippen molar-refractivity contribution in [1.82, 2.24) is 19.1 Å². The summed E-state index contributed by atoms with van der Waals surface area (Å²) in [4.78, 5) is 12.2. The van der Waals surface area contributed by atoms with Crippen LogP contribution in [0.4, 0.5) is 0 Å². The summed E-state index contributed by atoms with van der Waals surface area (Å²) in [6.45, 7) is 7.48. The molecule has 0 saturated heterocycles. The van der Waals surface area contributed by atoms with Gasteiger partial charge in [-0.3, -0.25) is 15.0 Å². The van der Waals surface area contributed by atoms with Gasteiger partial charge in [-0.15, -0.1) is 0 Å². The molecule has 0 spiro atoms. The molecular formula is C47H41N5. The summed E-state index contributed by atoms with van der Waals surface area (Å²) < 4.78 is 4.72. The van der Waals surface area contributed by atoms with Gasteiger partial charge in [0, 0.05) is 63.9 Å². The Balaban J connectivity index is 0.000000727. The van der Waals surface area contributed by atoms with E-state index < -0.39 is 0 Å². The zero-order chi connectivity index (χ0) is 35.5. The van der Waals surface area contributed by atoms with Crippen LogP contribution in [0.25, 0.3) is 55.0 Å². The highest BCUT2D eigenvalue weighted by Gasteiger charge is 2.25. The minimum absolute atomic E-state index is 0.0734. The Kier molecular flexibility index (Phi) is 8.92. The molecule has 52 heavy (non-hydrogen) atoms. The average Bonchev–Trinajstić information content (AvgIpc) is 3.70. The SMILES string of the molecule is C=N/C=C\C.CC1(Cc2ccc(Cc3ccc(-n4c5ccccc5c5cnccc54)cc3)cc2)C=CC(n2c3ccccc3c3cnccc32)=CC1. The molecule has 1 aliphatic rings. The van der Waals surface area contributed by atoms with Crippen molar-refractivity contribution in [3.63, 3.8) is 0 Å². The molecule has 9 rings (SSSR count). The van der Waals surface area contributed by atoms with E-state index >= 15 is 0 Å². The number of fused-ring (bicyclic) bond motifs is 6. The maximum atomic E-state index is 4.40. The van der Waals surface area contributed by atoms with E-state index in [4.69, 9.17) is 0 Å². The highest BCUT2D eigenvalue weighted by atomic mass is 15.0. The average molecular weight is 676 g/mol. The third-order valence-electron chi connectivity index (χ3n) is 10.1. The Morgan fingerprint density at radius 2 is 1.21 bits per heavy atom. The predicted octanol–water partition coefficient (Wildman–Crippen LogP) is 11.5. The lowest BCUT2D eigenvalue weighted by Crippen LogP contribution is -2.19. The lowest BCUT2D eigenvalue weighted by atomic mass is 9.78. The van der Waals surface area contributed by atoms with Crippen LogP contribution in [0.15, 0.2) is 169 Å². The number of hydrogen-bond acceptors (Lipinski definition) is 3. The number of allylic oxidation sites excluding steroid dienone is 5. The van der Waals surface area contributed by atoms with E-state index in [-0.39, 0.29) is 5.41 Å². The molecule has 254 valence electrons. The van der Waals surface area contributed by atoms with Gasteiger partial charge in [0.25, 0.3) is 0 Å². The normalized spacial score (nSPS) is 15.7. The Labute approximate surface area is 304 Å². The fraction of sp³-hybridized carbons (Fsp3) is 0.128. The quantitative estimate of drug-likeness (QED) is 0.158. The first-order valence-electron chi connectivity index (χ1n) is 17.9. The minimum atomic E-state index is 0.0734. The van der Waals surface area contributed by atoms with E-state index in [9.17, 15) is 0 Å². The number of hydrogen-bond donors (Lipinski definition) is 0. The fourth-order valence-corrected chi connectivity index (χ4v) is 7.59. The molecule has 0 N–H and O–H groups in total. The molecule has 1 aliphatic carbocycles. The number of nitrogens with zero attached hydrogens (tertiary/aromatic N) is 5. The van der Waals surface area contributed by atoms with Crippen molar-refractivity contribution in [2.24, 2.45) is 10.4 Å². The van der Waals surface area contributed by atoms with Gasteiger partial charge in [-0.25, -0.2) is 0 Å². The summed E-state index contributed by atoms with van der Waals surface area (Å²) in [6, 6.07) is 39.6. The van der Waals surface area contributed by atoms with E-state index in [1.807, 2.05) is 37.8 Å². The van der Waals surface area contributed by atoms with Crippen LogP contribution in [0.3, 0.4) is 0 Å². The van der Waals surface area contributed by atoms with Crippen LogP contribution in [0, 0.1) is 5.41 Å². The van der Waals surface area contributed by atoms with Crippen molar-refractivity contribution in [2.75, 3.05) is 0 Å². The van der Waals surface area contributed by atoms with Gasteiger partial charge in [0.15, 0.2) is 0 Å². The molecule has 0 bridgehead atoms. The van der Waals surface area contributed by atoms with E-state index in [1.54, 1.807) is 6.20 Å². The number of aromatic nitrogens is 4. The topological polar surface area (TPSA) is 48.0 Å². The predicted molar refractivity (Wildman–Crippen MR) is 219 cm³/mol. The van der Waals surface area contributed by atoms with Crippen molar-refractivity contribution >= 4 is 56.0 Å². The number of pyridine rings is 2. The molecule has 5 heteroatoms. The molecule has 1 atom stereocenters.